The summed E-state index contributed by atoms with van der Waals surface area (Å²) in [6, 6.07) is 0. The SMILES string of the molecule is O=CCNC(=O)CS. The van der Waals surface area contributed by atoms with E-state index < -0.39 is 0 Å². The lowest BCUT2D eigenvalue weighted by atomic mass is 10.6. The van der Waals surface area contributed by atoms with Crippen LogP contribution in [0.5, 0.6) is 0 Å². The van der Waals surface area contributed by atoms with Crippen LogP contribution in [0.15, 0.2) is 0 Å². The second-order valence-electron chi connectivity index (χ2n) is 1.13. The number of carbonyl (C=O) groups excluding carboxylic acids is 2. The molecule has 0 atom stereocenters. The summed E-state index contributed by atoms with van der Waals surface area (Å²) in [6.07, 6.45) is 0.626. The first-order valence-electron chi connectivity index (χ1n) is 2.12. The fourth-order valence-electron chi connectivity index (χ4n) is 0.211. The molecular formula is C4H7NO2S. The van der Waals surface area contributed by atoms with E-state index in [0.717, 1.165) is 0 Å². The summed E-state index contributed by atoms with van der Waals surface area (Å²) >= 11 is 3.66. The van der Waals surface area contributed by atoms with Crippen LogP contribution in [0.2, 0.25) is 0 Å². The van der Waals surface area contributed by atoms with Crippen LogP contribution in [-0.2, 0) is 9.59 Å². The van der Waals surface area contributed by atoms with E-state index in [9.17, 15) is 9.59 Å². The number of hydrogen-bond donors (Lipinski definition) is 2. The molecule has 0 saturated carbocycles. The molecule has 0 bridgehead atoms. The van der Waals surface area contributed by atoms with E-state index in [1.165, 1.54) is 0 Å². The molecule has 0 rings (SSSR count). The Labute approximate surface area is 52.9 Å². The third-order valence-corrected chi connectivity index (χ3v) is 0.813. The molecule has 0 unspecified atom stereocenters. The molecule has 0 saturated heterocycles. The Balaban J connectivity index is 3.11. The van der Waals surface area contributed by atoms with Crippen LogP contribution in [0.1, 0.15) is 0 Å². The van der Waals surface area contributed by atoms with Crippen LogP contribution in [-0.4, -0.2) is 24.5 Å². The van der Waals surface area contributed by atoms with Crippen molar-refractivity contribution < 1.29 is 9.59 Å². The van der Waals surface area contributed by atoms with Crippen LogP contribution in [0.4, 0.5) is 0 Å². The number of nitrogens with one attached hydrogen (secondary N) is 1. The van der Waals surface area contributed by atoms with Gasteiger partial charge in [0.2, 0.25) is 5.91 Å². The van der Waals surface area contributed by atoms with Gasteiger partial charge in [-0.3, -0.25) is 4.79 Å². The van der Waals surface area contributed by atoms with E-state index in [2.05, 4.69) is 17.9 Å². The smallest absolute Gasteiger partial charge is 0.230 e. The van der Waals surface area contributed by atoms with Crippen LogP contribution in [0.3, 0.4) is 0 Å². The maximum Gasteiger partial charge on any atom is 0.230 e. The van der Waals surface area contributed by atoms with Crippen molar-refractivity contribution in [3.8, 4) is 0 Å². The highest BCUT2D eigenvalue weighted by molar-refractivity contribution is 7.81. The molecule has 1 N–H and O–H groups in total. The lowest BCUT2D eigenvalue weighted by molar-refractivity contribution is -0.120. The third-order valence-electron chi connectivity index (χ3n) is 0.526. The van der Waals surface area contributed by atoms with E-state index >= 15 is 0 Å². The van der Waals surface area contributed by atoms with Gasteiger partial charge in [0, 0.05) is 0 Å². The van der Waals surface area contributed by atoms with Crippen LogP contribution in [0, 0.1) is 0 Å². The van der Waals surface area contributed by atoms with Gasteiger partial charge in [-0.1, -0.05) is 0 Å². The molecule has 0 aromatic carbocycles. The number of rotatable bonds is 3. The van der Waals surface area contributed by atoms with Crippen LogP contribution >= 0.6 is 12.6 Å². The van der Waals surface area contributed by atoms with Gasteiger partial charge in [0.25, 0.3) is 0 Å². The molecule has 3 nitrogen and oxygen atoms in total. The standard InChI is InChI=1S/C4H7NO2S/c6-2-1-5-4(7)3-8/h2,8H,1,3H2,(H,5,7). The molecule has 0 aromatic heterocycles. The van der Waals surface area contributed by atoms with E-state index in [-0.39, 0.29) is 18.2 Å². The largest absolute Gasteiger partial charge is 0.349 e. The highest BCUT2D eigenvalue weighted by Crippen LogP contribution is 1.69. The topological polar surface area (TPSA) is 46.2 Å². The normalized spacial score (nSPS) is 8.12. The van der Waals surface area contributed by atoms with Crippen molar-refractivity contribution in [3.05, 3.63) is 0 Å². The molecule has 4 heteroatoms. The summed E-state index contributed by atoms with van der Waals surface area (Å²) in [5.41, 5.74) is 0. The molecule has 0 heterocycles. The number of amides is 1. The molecule has 0 aromatic rings. The van der Waals surface area contributed by atoms with Gasteiger partial charge in [-0.05, 0) is 0 Å². The molecule has 0 aliphatic heterocycles. The molecule has 0 aliphatic carbocycles. The summed E-state index contributed by atoms with van der Waals surface area (Å²) in [6.45, 7) is 0.0827. The van der Waals surface area contributed by atoms with Crippen molar-refractivity contribution in [1.29, 1.82) is 0 Å². The monoisotopic (exact) mass is 133 g/mol. The minimum Gasteiger partial charge on any atom is -0.349 e. The van der Waals surface area contributed by atoms with Crippen molar-refractivity contribution in [1.82, 2.24) is 5.32 Å². The molecule has 0 spiro atoms. The molecule has 1 amide bonds. The first-order valence-corrected chi connectivity index (χ1v) is 2.75. The Bertz CT molecular complexity index is 94.0. The van der Waals surface area contributed by atoms with Gasteiger partial charge in [0.1, 0.15) is 6.29 Å². The van der Waals surface area contributed by atoms with Crippen molar-refractivity contribution in [2.75, 3.05) is 12.3 Å². The Morgan fingerprint density at radius 2 is 2.38 bits per heavy atom. The summed E-state index contributed by atoms with van der Waals surface area (Å²) in [5.74, 6) is -0.0890. The van der Waals surface area contributed by atoms with Gasteiger partial charge in [0.05, 0.1) is 12.3 Å². The Kier molecular flexibility index (Phi) is 4.35. The zero-order chi connectivity index (χ0) is 6.41. The zero-order valence-corrected chi connectivity index (χ0v) is 5.15. The molecule has 46 valence electrons. The summed E-state index contributed by atoms with van der Waals surface area (Å²) < 4.78 is 0. The summed E-state index contributed by atoms with van der Waals surface area (Å²) in [7, 11) is 0. The van der Waals surface area contributed by atoms with Crippen LogP contribution in [0.25, 0.3) is 0 Å². The first kappa shape index (κ1) is 7.49. The average Bonchev–Trinajstić information content (AvgIpc) is 1.83. The first-order chi connectivity index (χ1) is 3.81. The molecule has 0 aliphatic rings. The van der Waals surface area contributed by atoms with Gasteiger partial charge in [-0.2, -0.15) is 12.6 Å². The highest BCUT2D eigenvalue weighted by atomic mass is 32.1. The van der Waals surface area contributed by atoms with Crippen LogP contribution < -0.4 is 5.32 Å². The van der Waals surface area contributed by atoms with Gasteiger partial charge < -0.3 is 10.1 Å². The van der Waals surface area contributed by atoms with E-state index in [1.54, 1.807) is 0 Å². The van der Waals surface area contributed by atoms with Gasteiger partial charge in [0.15, 0.2) is 0 Å². The Morgan fingerprint density at radius 3 is 2.75 bits per heavy atom. The Hall–Kier alpha value is -0.510. The van der Waals surface area contributed by atoms with Gasteiger partial charge in [-0.15, -0.1) is 0 Å². The molecular weight excluding hydrogens is 126 g/mol. The van der Waals surface area contributed by atoms with E-state index in [0.29, 0.717) is 6.29 Å². The minimum atomic E-state index is -0.222. The maximum atomic E-state index is 10.2. The molecule has 0 radical (unpaired) electrons. The quantitative estimate of drug-likeness (QED) is 0.392. The minimum absolute atomic E-state index is 0.0827. The highest BCUT2D eigenvalue weighted by Gasteiger charge is 1.91. The predicted octanol–water partition coefficient (Wildman–Crippen LogP) is -0.769. The number of hydrogen-bond acceptors (Lipinski definition) is 3. The Morgan fingerprint density at radius 1 is 1.75 bits per heavy atom. The number of thiol groups is 1. The fraction of sp³-hybridized carbons (Fsp3) is 0.500. The second kappa shape index (κ2) is 4.64. The molecule has 0 fully saturated rings. The predicted molar refractivity (Wildman–Crippen MR) is 32.9 cm³/mol. The molecule has 8 heavy (non-hydrogen) atoms. The average molecular weight is 133 g/mol. The number of carbonyl (C=O) groups is 2. The van der Waals surface area contributed by atoms with E-state index in [1.807, 2.05) is 0 Å². The van der Waals surface area contributed by atoms with Crippen molar-refractivity contribution >= 4 is 24.8 Å². The van der Waals surface area contributed by atoms with Crippen molar-refractivity contribution in [2.24, 2.45) is 0 Å². The zero-order valence-electron chi connectivity index (χ0n) is 4.26. The summed E-state index contributed by atoms with van der Waals surface area (Å²) in [4.78, 5) is 19.8. The third kappa shape index (κ3) is 3.67. The van der Waals surface area contributed by atoms with Gasteiger partial charge >= 0.3 is 0 Å². The maximum absolute atomic E-state index is 10.2. The van der Waals surface area contributed by atoms with Crippen molar-refractivity contribution in [3.63, 3.8) is 0 Å². The van der Waals surface area contributed by atoms with E-state index in [4.69, 9.17) is 0 Å². The fourth-order valence-corrected chi connectivity index (χ4v) is 0.323. The number of aldehydes is 1. The summed E-state index contributed by atoms with van der Waals surface area (Å²) in [5, 5.41) is 2.30. The van der Waals surface area contributed by atoms with Crippen molar-refractivity contribution in [2.45, 2.75) is 0 Å². The lowest BCUT2D eigenvalue weighted by Crippen LogP contribution is -2.25. The van der Waals surface area contributed by atoms with Gasteiger partial charge in [-0.25, -0.2) is 0 Å². The lowest BCUT2D eigenvalue weighted by Gasteiger charge is -1.92. The second-order valence-corrected chi connectivity index (χ2v) is 1.45.